The minimum absolute atomic E-state index is 0.252. The molecule has 0 bridgehead atoms. The molecule has 0 heterocycles. The van der Waals surface area contributed by atoms with Gasteiger partial charge in [-0.15, -0.1) is 0 Å². The van der Waals surface area contributed by atoms with Crippen LogP contribution in [0.4, 0.5) is 0 Å². The molecular weight excluding hydrogens is 584 g/mol. The van der Waals surface area contributed by atoms with E-state index in [-0.39, 0.29) is 6.42 Å². The standard InChI is InChI=1S/C23H38N6O12S/c1-10(2)18(29-21(38)13(7-17(34)35)27-19(36)11(24)4-5-42-3)22(39)28-12(6-16(32)33)20(37)25-8-15(31)26-14(9-30)23(40)41/h10-14,18,30H,4-9,24H2,1-3H3,(H,25,37)(H,26,31)(H,27,36)(H,28,39)(H,29,38)(H,32,33)(H,34,35)(H,40,41)/t11-,12-,13-,14-,18-/m0/s1. The highest BCUT2D eigenvalue weighted by Crippen LogP contribution is 2.07. The molecule has 0 aromatic carbocycles. The van der Waals surface area contributed by atoms with Crippen LogP contribution in [0.2, 0.25) is 0 Å². The van der Waals surface area contributed by atoms with E-state index in [0.29, 0.717) is 5.75 Å². The molecule has 19 heteroatoms. The van der Waals surface area contributed by atoms with Crippen LogP contribution < -0.4 is 32.3 Å². The van der Waals surface area contributed by atoms with Crippen molar-refractivity contribution < 1.29 is 58.8 Å². The molecule has 238 valence electrons. The predicted molar refractivity (Wildman–Crippen MR) is 146 cm³/mol. The Labute approximate surface area is 244 Å². The number of carbonyl (C=O) groups excluding carboxylic acids is 5. The largest absolute Gasteiger partial charge is 0.481 e. The zero-order chi connectivity index (χ0) is 32.6. The Morgan fingerprint density at radius 1 is 0.738 bits per heavy atom. The van der Waals surface area contributed by atoms with Crippen LogP contribution in [0.1, 0.15) is 33.1 Å². The first kappa shape index (κ1) is 38.0. The number of carbonyl (C=O) groups is 8. The van der Waals surface area contributed by atoms with Gasteiger partial charge in [0.2, 0.25) is 29.5 Å². The number of thioether (sulfide) groups is 1. The third-order valence-electron chi connectivity index (χ3n) is 5.48. The van der Waals surface area contributed by atoms with Crippen LogP contribution in [-0.2, 0) is 38.4 Å². The first-order chi connectivity index (χ1) is 19.5. The lowest BCUT2D eigenvalue weighted by Crippen LogP contribution is -2.59. The molecule has 0 unspecified atom stereocenters. The van der Waals surface area contributed by atoms with Gasteiger partial charge in [0.1, 0.15) is 24.2 Å². The highest BCUT2D eigenvalue weighted by Gasteiger charge is 2.33. The molecule has 0 rings (SSSR count). The normalized spacial score (nSPS) is 14.3. The van der Waals surface area contributed by atoms with Gasteiger partial charge in [0, 0.05) is 0 Å². The number of hydrogen-bond donors (Lipinski definition) is 10. The molecule has 11 N–H and O–H groups in total. The summed E-state index contributed by atoms with van der Waals surface area (Å²) in [5.41, 5.74) is 5.77. The van der Waals surface area contributed by atoms with Gasteiger partial charge in [-0.2, -0.15) is 11.8 Å². The molecule has 0 saturated carbocycles. The Kier molecular flexibility index (Phi) is 17.4. The van der Waals surface area contributed by atoms with Crippen molar-refractivity contribution in [2.75, 3.05) is 25.2 Å². The van der Waals surface area contributed by atoms with Crippen LogP contribution in [0.25, 0.3) is 0 Å². The van der Waals surface area contributed by atoms with E-state index in [0.717, 1.165) is 0 Å². The molecule has 0 spiro atoms. The molecule has 0 aliphatic carbocycles. The lowest BCUT2D eigenvalue weighted by Gasteiger charge is -2.27. The zero-order valence-corrected chi connectivity index (χ0v) is 24.1. The maximum Gasteiger partial charge on any atom is 0.328 e. The average molecular weight is 623 g/mol. The third kappa shape index (κ3) is 14.6. The molecule has 0 fully saturated rings. The van der Waals surface area contributed by atoms with E-state index >= 15 is 0 Å². The molecule has 5 amide bonds. The number of aliphatic hydroxyl groups is 1. The molecule has 42 heavy (non-hydrogen) atoms. The average Bonchev–Trinajstić information content (AvgIpc) is 2.89. The summed E-state index contributed by atoms with van der Waals surface area (Å²) in [4.78, 5) is 96.3. The first-order valence-electron chi connectivity index (χ1n) is 12.5. The van der Waals surface area contributed by atoms with Gasteiger partial charge in [-0.1, -0.05) is 13.8 Å². The summed E-state index contributed by atoms with van der Waals surface area (Å²) in [6, 6.07) is -7.47. The van der Waals surface area contributed by atoms with Crippen molar-refractivity contribution in [1.29, 1.82) is 0 Å². The molecule has 0 aromatic heterocycles. The van der Waals surface area contributed by atoms with E-state index in [2.05, 4.69) is 16.0 Å². The summed E-state index contributed by atoms with van der Waals surface area (Å²) in [7, 11) is 0. The number of carboxylic acids is 3. The number of aliphatic hydroxyl groups excluding tert-OH is 1. The second-order valence-corrected chi connectivity index (χ2v) is 10.3. The van der Waals surface area contributed by atoms with E-state index in [9.17, 15) is 48.6 Å². The van der Waals surface area contributed by atoms with Gasteiger partial charge in [-0.05, 0) is 24.3 Å². The number of amides is 5. The van der Waals surface area contributed by atoms with Gasteiger partial charge in [0.25, 0.3) is 0 Å². The highest BCUT2D eigenvalue weighted by atomic mass is 32.2. The molecule has 0 aromatic rings. The van der Waals surface area contributed by atoms with Crippen molar-refractivity contribution in [1.82, 2.24) is 26.6 Å². The molecule has 5 atom stereocenters. The van der Waals surface area contributed by atoms with Gasteiger partial charge in [0.05, 0.1) is 32.0 Å². The summed E-state index contributed by atoms with van der Waals surface area (Å²) in [5, 5.41) is 46.9. The minimum Gasteiger partial charge on any atom is -0.481 e. The number of aliphatic carboxylic acids is 3. The maximum atomic E-state index is 13.0. The fourth-order valence-corrected chi connectivity index (χ4v) is 3.68. The topological polar surface area (TPSA) is 304 Å². The zero-order valence-electron chi connectivity index (χ0n) is 23.2. The fourth-order valence-electron chi connectivity index (χ4n) is 3.19. The highest BCUT2D eigenvalue weighted by molar-refractivity contribution is 7.98. The second-order valence-electron chi connectivity index (χ2n) is 9.30. The molecular formula is C23H38N6O12S. The van der Waals surface area contributed by atoms with Crippen molar-refractivity contribution in [3.63, 3.8) is 0 Å². The van der Waals surface area contributed by atoms with Crippen molar-refractivity contribution in [2.24, 2.45) is 11.7 Å². The van der Waals surface area contributed by atoms with Crippen LogP contribution >= 0.6 is 11.8 Å². The summed E-state index contributed by atoms with van der Waals surface area (Å²) in [6.07, 6.45) is 0.254. The molecule has 18 nitrogen and oxygen atoms in total. The Morgan fingerprint density at radius 2 is 1.26 bits per heavy atom. The molecule has 0 saturated heterocycles. The summed E-state index contributed by atoms with van der Waals surface area (Å²) >= 11 is 1.42. The lowest BCUT2D eigenvalue weighted by atomic mass is 10.0. The minimum atomic E-state index is -1.75. The third-order valence-corrected chi connectivity index (χ3v) is 6.12. The second kappa shape index (κ2) is 19.2. The summed E-state index contributed by atoms with van der Waals surface area (Å²) < 4.78 is 0. The number of hydrogen-bond acceptors (Lipinski definition) is 11. The molecule has 0 radical (unpaired) electrons. The van der Waals surface area contributed by atoms with Gasteiger partial charge in [-0.3, -0.25) is 33.6 Å². The van der Waals surface area contributed by atoms with E-state index in [4.69, 9.17) is 15.9 Å². The van der Waals surface area contributed by atoms with Crippen molar-refractivity contribution in [3.8, 4) is 0 Å². The van der Waals surface area contributed by atoms with Crippen LogP contribution in [0.5, 0.6) is 0 Å². The quantitative estimate of drug-likeness (QED) is 0.0616. The predicted octanol–water partition coefficient (Wildman–Crippen LogP) is -4.20. The van der Waals surface area contributed by atoms with Crippen molar-refractivity contribution in [3.05, 3.63) is 0 Å². The monoisotopic (exact) mass is 622 g/mol. The Balaban J connectivity index is 5.59. The van der Waals surface area contributed by atoms with Crippen LogP contribution in [0, 0.1) is 5.92 Å². The Morgan fingerprint density at radius 3 is 1.71 bits per heavy atom. The summed E-state index contributed by atoms with van der Waals surface area (Å²) in [6.45, 7) is 1.22. The van der Waals surface area contributed by atoms with Gasteiger partial charge in [-0.25, -0.2) is 4.79 Å². The van der Waals surface area contributed by atoms with Gasteiger partial charge < -0.3 is 52.7 Å². The fraction of sp³-hybridized carbons (Fsp3) is 0.652. The summed E-state index contributed by atoms with van der Waals surface area (Å²) in [5.74, 6) is -9.68. The van der Waals surface area contributed by atoms with Gasteiger partial charge >= 0.3 is 17.9 Å². The van der Waals surface area contributed by atoms with E-state index < -0.39 is 110 Å². The van der Waals surface area contributed by atoms with Crippen LogP contribution in [0.15, 0.2) is 0 Å². The SMILES string of the molecule is CSCC[C@H](N)C(=O)N[C@@H](CC(=O)O)C(=O)N[C@H](C(=O)N[C@@H](CC(=O)O)C(=O)NCC(=O)N[C@@H](CO)C(=O)O)C(C)C. The number of nitrogens with one attached hydrogen (secondary N) is 5. The van der Waals surface area contributed by atoms with Crippen molar-refractivity contribution >= 4 is 59.2 Å². The van der Waals surface area contributed by atoms with E-state index in [1.165, 1.54) is 25.6 Å². The van der Waals surface area contributed by atoms with E-state index in [1.807, 2.05) is 10.6 Å². The van der Waals surface area contributed by atoms with E-state index in [1.54, 1.807) is 6.26 Å². The maximum absolute atomic E-state index is 13.0. The number of rotatable bonds is 20. The van der Waals surface area contributed by atoms with Gasteiger partial charge in [0.15, 0.2) is 0 Å². The molecule has 0 aliphatic rings. The number of carboxylic acid groups (broad SMARTS) is 3. The smallest absolute Gasteiger partial charge is 0.328 e. The molecule has 0 aliphatic heterocycles. The van der Waals surface area contributed by atoms with Crippen LogP contribution in [-0.4, -0.2) is 123 Å². The van der Waals surface area contributed by atoms with Crippen molar-refractivity contribution in [2.45, 2.75) is 63.3 Å². The lowest BCUT2D eigenvalue weighted by molar-refractivity contribution is -0.143. The Hall–Kier alpha value is -3.97. The number of nitrogens with two attached hydrogens (primary N) is 1. The first-order valence-corrected chi connectivity index (χ1v) is 13.9. The van der Waals surface area contributed by atoms with Crippen LogP contribution in [0.3, 0.4) is 0 Å². The Bertz CT molecular complexity index is 1010.